The largest absolute Gasteiger partial charge is 0.365 e. The molecule has 1 saturated heterocycles. The number of anilines is 1. The first kappa shape index (κ1) is 16.1. The number of carbonyl (C=O) groups excluding carboxylic acids is 1. The molecule has 0 aromatic carbocycles. The fourth-order valence-electron chi connectivity index (χ4n) is 4.37. The SMILES string of the molecule is O=C(NCCc1ccc[nH]1)[C@@H]1C[C@H]2CCCC[C@H]2N1c1ncccn1. The van der Waals surface area contributed by atoms with Gasteiger partial charge in [-0.1, -0.05) is 12.8 Å². The van der Waals surface area contributed by atoms with Crippen molar-refractivity contribution in [3.8, 4) is 0 Å². The van der Waals surface area contributed by atoms with Crippen LogP contribution < -0.4 is 10.2 Å². The fraction of sp³-hybridized carbons (Fsp3) is 0.526. The smallest absolute Gasteiger partial charge is 0.242 e. The quantitative estimate of drug-likeness (QED) is 0.877. The zero-order valence-electron chi connectivity index (χ0n) is 14.4. The molecule has 4 rings (SSSR count). The van der Waals surface area contributed by atoms with Gasteiger partial charge in [0.15, 0.2) is 0 Å². The Kier molecular flexibility index (Phi) is 4.68. The minimum absolute atomic E-state index is 0.105. The molecular formula is C19H25N5O. The highest BCUT2D eigenvalue weighted by atomic mass is 16.2. The highest BCUT2D eigenvalue weighted by Crippen LogP contribution is 2.41. The van der Waals surface area contributed by atoms with E-state index in [1.807, 2.05) is 24.4 Å². The summed E-state index contributed by atoms with van der Waals surface area (Å²) < 4.78 is 0. The maximum Gasteiger partial charge on any atom is 0.242 e. The van der Waals surface area contributed by atoms with Crippen molar-refractivity contribution in [1.29, 1.82) is 0 Å². The number of H-pyrrole nitrogens is 1. The van der Waals surface area contributed by atoms with E-state index in [4.69, 9.17) is 0 Å². The summed E-state index contributed by atoms with van der Waals surface area (Å²) >= 11 is 0. The molecule has 2 aromatic rings. The van der Waals surface area contributed by atoms with Gasteiger partial charge >= 0.3 is 0 Å². The van der Waals surface area contributed by atoms with E-state index in [0.29, 0.717) is 24.5 Å². The van der Waals surface area contributed by atoms with Gasteiger partial charge in [0, 0.05) is 43.3 Å². The monoisotopic (exact) mass is 339 g/mol. The average molecular weight is 339 g/mol. The molecule has 2 fully saturated rings. The summed E-state index contributed by atoms with van der Waals surface area (Å²) in [5.74, 6) is 1.38. The molecule has 2 aromatic heterocycles. The molecule has 6 heteroatoms. The topological polar surface area (TPSA) is 73.9 Å². The standard InChI is InChI=1S/C19H25N5O/c25-18(21-12-8-15-6-3-9-20-15)17-13-14-5-1-2-7-16(14)24(17)19-22-10-4-11-23-19/h3-4,6,9-11,14,16-17,20H,1-2,5,7-8,12-13H2,(H,21,25)/t14-,16-,17+/m1/s1. The van der Waals surface area contributed by atoms with Crippen LogP contribution in [0.2, 0.25) is 0 Å². The summed E-state index contributed by atoms with van der Waals surface area (Å²) in [6.45, 7) is 0.647. The molecule has 6 nitrogen and oxygen atoms in total. The van der Waals surface area contributed by atoms with E-state index in [0.717, 1.165) is 25.0 Å². The Morgan fingerprint density at radius 1 is 1.24 bits per heavy atom. The molecule has 1 aliphatic carbocycles. The van der Waals surface area contributed by atoms with E-state index in [9.17, 15) is 4.79 Å². The lowest BCUT2D eigenvalue weighted by Crippen LogP contribution is -2.48. The number of aromatic nitrogens is 3. The summed E-state index contributed by atoms with van der Waals surface area (Å²) in [5.41, 5.74) is 1.14. The third-order valence-electron chi connectivity index (χ3n) is 5.53. The van der Waals surface area contributed by atoms with Gasteiger partial charge in [-0.3, -0.25) is 4.79 Å². The van der Waals surface area contributed by atoms with Gasteiger partial charge in [0.1, 0.15) is 6.04 Å². The zero-order valence-corrected chi connectivity index (χ0v) is 14.4. The van der Waals surface area contributed by atoms with Crippen LogP contribution in [0.1, 0.15) is 37.8 Å². The van der Waals surface area contributed by atoms with Crippen molar-refractivity contribution in [2.45, 2.75) is 50.6 Å². The Hall–Kier alpha value is -2.37. The number of hydrogen-bond donors (Lipinski definition) is 2. The van der Waals surface area contributed by atoms with Gasteiger partial charge in [-0.15, -0.1) is 0 Å². The van der Waals surface area contributed by atoms with Gasteiger partial charge < -0.3 is 15.2 Å². The Morgan fingerprint density at radius 3 is 2.88 bits per heavy atom. The van der Waals surface area contributed by atoms with Crippen LogP contribution in [-0.4, -0.2) is 39.5 Å². The van der Waals surface area contributed by atoms with E-state index < -0.39 is 0 Å². The van der Waals surface area contributed by atoms with Gasteiger partial charge in [-0.25, -0.2) is 9.97 Å². The summed E-state index contributed by atoms with van der Waals surface area (Å²) in [4.78, 5) is 27.1. The lowest BCUT2D eigenvalue weighted by atomic mass is 9.85. The number of amides is 1. The molecule has 0 radical (unpaired) electrons. The van der Waals surface area contributed by atoms with Crippen molar-refractivity contribution in [1.82, 2.24) is 20.3 Å². The van der Waals surface area contributed by atoms with Crippen molar-refractivity contribution in [3.63, 3.8) is 0 Å². The first-order chi connectivity index (χ1) is 12.3. The number of aromatic amines is 1. The maximum atomic E-state index is 12.9. The summed E-state index contributed by atoms with van der Waals surface area (Å²) in [5, 5.41) is 3.12. The van der Waals surface area contributed by atoms with Crippen LogP contribution in [0.15, 0.2) is 36.8 Å². The predicted octanol–water partition coefficient (Wildman–Crippen LogP) is 2.30. The minimum Gasteiger partial charge on any atom is -0.365 e. The van der Waals surface area contributed by atoms with E-state index in [2.05, 4.69) is 25.2 Å². The van der Waals surface area contributed by atoms with Crippen molar-refractivity contribution in [2.24, 2.45) is 5.92 Å². The van der Waals surface area contributed by atoms with Crippen LogP contribution in [0.5, 0.6) is 0 Å². The highest BCUT2D eigenvalue weighted by molar-refractivity contribution is 5.85. The number of nitrogens with one attached hydrogen (secondary N) is 2. The average Bonchev–Trinajstić information content (AvgIpc) is 3.30. The number of fused-ring (bicyclic) bond motifs is 1. The summed E-state index contributed by atoms with van der Waals surface area (Å²) in [7, 11) is 0. The molecule has 3 heterocycles. The molecule has 0 spiro atoms. The second-order valence-electron chi connectivity index (χ2n) is 7.06. The summed E-state index contributed by atoms with van der Waals surface area (Å²) in [6, 6.07) is 6.09. The lowest BCUT2D eigenvalue weighted by Gasteiger charge is -2.33. The van der Waals surface area contributed by atoms with E-state index in [1.54, 1.807) is 12.4 Å². The number of rotatable bonds is 5. The third kappa shape index (κ3) is 3.38. The molecule has 1 amide bonds. The van der Waals surface area contributed by atoms with Crippen LogP contribution in [0.3, 0.4) is 0 Å². The molecule has 0 unspecified atom stereocenters. The van der Waals surface area contributed by atoms with Crippen molar-refractivity contribution in [2.75, 3.05) is 11.4 Å². The van der Waals surface area contributed by atoms with Gasteiger partial charge in [-0.2, -0.15) is 0 Å². The first-order valence-electron chi connectivity index (χ1n) is 9.28. The molecule has 25 heavy (non-hydrogen) atoms. The van der Waals surface area contributed by atoms with Crippen LogP contribution in [-0.2, 0) is 11.2 Å². The minimum atomic E-state index is -0.154. The second-order valence-corrected chi connectivity index (χ2v) is 7.06. The molecule has 1 aliphatic heterocycles. The van der Waals surface area contributed by atoms with E-state index in [1.165, 1.54) is 19.3 Å². The predicted molar refractivity (Wildman–Crippen MR) is 96.2 cm³/mol. The van der Waals surface area contributed by atoms with Crippen LogP contribution >= 0.6 is 0 Å². The number of nitrogens with zero attached hydrogens (tertiary/aromatic N) is 3. The van der Waals surface area contributed by atoms with Crippen LogP contribution in [0, 0.1) is 5.92 Å². The van der Waals surface area contributed by atoms with Crippen molar-refractivity contribution >= 4 is 11.9 Å². The molecule has 2 N–H and O–H groups in total. The second kappa shape index (κ2) is 7.25. The first-order valence-corrected chi connectivity index (χ1v) is 9.28. The maximum absolute atomic E-state index is 12.9. The molecule has 1 saturated carbocycles. The number of hydrogen-bond acceptors (Lipinski definition) is 4. The highest BCUT2D eigenvalue weighted by Gasteiger charge is 2.46. The fourth-order valence-corrected chi connectivity index (χ4v) is 4.37. The van der Waals surface area contributed by atoms with Gasteiger partial charge in [0.05, 0.1) is 0 Å². The van der Waals surface area contributed by atoms with Gasteiger partial charge in [0.2, 0.25) is 11.9 Å². The third-order valence-corrected chi connectivity index (χ3v) is 5.53. The summed E-state index contributed by atoms with van der Waals surface area (Å²) in [6.07, 6.45) is 12.0. The molecular weight excluding hydrogens is 314 g/mol. The molecule has 2 aliphatic rings. The Balaban J connectivity index is 1.46. The lowest BCUT2D eigenvalue weighted by molar-refractivity contribution is -0.122. The van der Waals surface area contributed by atoms with Crippen molar-refractivity contribution in [3.05, 3.63) is 42.5 Å². The normalized spacial score (nSPS) is 25.6. The Labute approximate surface area is 148 Å². The molecule has 0 bridgehead atoms. The Morgan fingerprint density at radius 2 is 2.08 bits per heavy atom. The van der Waals surface area contributed by atoms with Crippen molar-refractivity contribution < 1.29 is 4.79 Å². The van der Waals surface area contributed by atoms with Gasteiger partial charge in [0.25, 0.3) is 0 Å². The molecule has 132 valence electrons. The van der Waals surface area contributed by atoms with E-state index >= 15 is 0 Å². The Bertz CT molecular complexity index is 687. The number of carbonyl (C=O) groups is 1. The van der Waals surface area contributed by atoms with Gasteiger partial charge in [-0.05, 0) is 43.4 Å². The van der Waals surface area contributed by atoms with Crippen LogP contribution in [0.4, 0.5) is 5.95 Å². The van der Waals surface area contributed by atoms with Crippen LogP contribution in [0.25, 0.3) is 0 Å². The molecule has 3 atom stereocenters. The van der Waals surface area contributed by atoms with E-state index in [-0.39, 0.29) is 11.9 Å². The zero-order chi connectivity index (χ0) is 17.1.